The molecule has 0 fully saturated rings. The molecule has 1 rings (SSSR count). The van der Waals surface area contributed by atoms with E-state index in [9.17, 15) is 0 Å². The van der Waals surface area contributed by atoms with Crippen molar-refractivity contribution in [3.8, 4) is 0 Å². The van der Waals surface area contributed by atoms with Crippen LogP contribution in [0.25, 0.3) is 0 Å². The zero-order chi connectivity index (χ0) is 6.69. The van der Waals surface area contributed by atoms with Gasteiger partial charge in [0.2, 0.25) is 0 Å². The first kappa shape index (κ1) is 6.81. The van der Waals surface area contributed by atoms with Gasteiger partial charge in [-0.3, -0.25) is 0 Å². The monoisotopic (exact) mass is 183 g/mol. The van der Waals surface area contributed by atoms with Gasteiger partial charge in [-0.05, 0) is 31.0 Å². The van der Waals surface area contributed by atoms with Gasteiger partial charge in [0, 0.05) is 4.47 Å². The lowest BCUT2D eigenvalue weighted by atomic mass is 10.2. The number of benzene rings is 1. The maximum atomic E-state index is 3.78. The van der Waals surface area contributed by atoms with Crippen molar-refractivity contribution in [2.75, 3.05) is 0 Å². The van der Waals surface area contributed by atoms with E-state index in [1.165, 1.54) is 5.56 Å². The van der Waals surface area contributed by atoms with Crippen molar-refractivity contribution in [2.24, 2.45) is 0 Å². The fraction of sp³-hybridized carbons (Fsp3) is 0.125. The molecule has 1 aromatic carbocycles. The molecule has 0 spiro atoms. The van der Waals surface area contributed by atoms with Crippen LogP contribution in [0, 0.1) is 6.92 Å². The third-order valence-electron chi connectivity index (χ3n) is 1.18. The van der Waals surface area contributed by atoms with Crippen molar-refractivity contribution in [1.29, 1.82) is 0 Å². The van der Waals surface area contributed by atoms with Crippen LogP contribution in [-0.2, 0) is 6.42 Å². The van der Waals surface area contributed by atoms with Crippen molar-refractivity contribution < 1.29 is 0 Å². The highest BCUT2D eigenvalue weighted by Crippen LogP contribution is 2.11. The van der Waals surface area contributed by atoms with Gasteiger partial charge in [0.05, 0.1) is 0 Å². The fourth-order valence-electron chi connectivity index (χ4n) is 0.692. The third kappa shape index (κ3) is 1.83. The molecule has 47 valence electrons. The molecule has 0 saturated carbocycles. The zero-order valence-electron chi connectivity index (χ0n) is 5.10. The third-order valence-corrected chi connectivity index (χ3v) is 1.67. The van der Waals surface area contributed by atoms with Crippen molar-refractivity contribution >= 4 is 15.9 Å². The minimum absolute atomic E-state index is 0.861. The Bertz CT molecular complexity index is 194. The van der Waals surface area contributed by atoms with Crippen LogP contribution in [-0.4, -0.2) is 0 Å². The molecule has 0 N–H and O–H groups in total. The summed E-state index contributed by atoms with van der Waals surface area (Å²) in [7, 11) is 0. The molecule has 0 nitrogen and oxygen atoms in total. The largest absolute Gasteiger partial charge is 0.0609 e. The minimum Gasteiger partial charge on any atom is -0.0609 e. The maximum absolute atomic E-state index is 3.78. The van der Waals surface area contributed by atoms with E-state index >= 15 is 0 Å². The molecule has 0 aliphatic heterocycles. The Labute approximate surface area is 64.0 Å². The Morgan fingerprint density at radius 3 is 2.67 bits per heavy atom. The SMILES string of the molecule is [CH2]Cc1cccc(Br)c1. The Morgan fingerprint density at radius 2 is 2.22 bits per heavy atom. The van der Waals surface area contributed by atoms with Crippen molar-refractivity contribution in [2.45, 2.75) is 6.42 Å². The standard InChI is InChI=1S/C8H8Br/c1-2-7-4-3-5-8(9)6-7/h3-6H,1-2H2. The van der Waals surface area contributed by atoms with Gasteiger partial charge < -0.3 is 0 Å². The normalized spacial score (nSPS) is 9.56. The highest BCUT2D eigenvalue weighted by atomic mass is 79.9. The van der Waals surface area contributed by atoms with Crippen LogP contribution < -0.4 is 0 Å². The van der Waals surface area contributed by atoms with E-state index in [-0.39, 0.29) is 0 Å². The minimum atomic E-state index is 0.861. The molecular weight excluding hydrogens is 176 g/mol. The molecule has 0 unspecified atom stereocenters. The van der Waals surface area contributed by atoms with Crippen LogP contribution in [0.3, 0.4) is 0 Å². The van der Waals surface area contributed by atoms with E-state index < -0.39 is 0 Å². The second-order valence-electron chi connectivity index (χ2n) is 1.88. The first-order valence-electron chi connectivity index (χ1n) is 2.86. The highest BCUT2D eigenvalue weighted by molar-refractivity contribution is 9.10. The lowest BCUT2D eigenvalue weighted by Gasteiger charge is -1.93. The fourth-order valence-corrected chi connectivity index (χ4v) is 1.14. The Kier molecular flexibility index (Phi) is 2.29. The lowest BCUT2D eigenvalue weighted by molar-refractivity contribution is 1.27. The van der Waals surface area contributed by atoms with Crippen molar-refractivity contribution in [3.05, 3.63) is 41.2 Å². The summed E-state index contributed by atoms with van der Waals surface area (Å²) >= 11 is 3.38. The molecule has 0 heterocycles. The average Bonchev–Trinajstić information content (AvgIpc) is 1.88. The molecule has 0 aromatic heterocycles. The summed E-state index contributed by atoms with van der Waals surface area (Å²) in [6.07, 6.45) is 0.861. The quantitative estimate of drug-likeness (QED) is 0.629. The van der Waals surface area contributed by atoms with Gasteiger partial charge in [0.25, 0.3) is 0 Å². The van der Waals surface area contributed by atoms with E-state index in [2.05, 4.69) is 35.0 Å². The molecule has 0 atom stereocenters. The maximum Gasteiger partial charge on any atom is 0.0177 e. The summed E-state index contributed by atoms with van der Waals surface area (Å²) in [6, 6.07) is 8.18. The van der Waals surface area contributed by atoms with E-state index in [4.69, 9.17) is 0 Å². The van der Waals surface area contributed by atoms with Crippen LogP contribution in [0.15, 0.2) is 28.7 Å². The highest BCUT2D eigenvalue weighted by Gasteiger charge is 1.87. The summed E-state index contributed by atoms with van der Waals surface area (Å²) in [5, 5.41) is 0. The topological polar surface area (TPSA) is 0 Å². The molecular formula is C8H8Br. The first-order chi connectivity index (χ1) is 4.33. The lowest BCUT2D eigenvalue weighted by Crippen LogP contribution is -1.76. The molecule has 1 heteroatoms. The van der Waals surface area contributed by atoms with Crippen LogP contribution in [0.1, 0.15) is 5.56 Å². The predicted octanol–water partition coefficient (Wildman–Crippen LogP) is 2.83. The van der Waals surface area contributed by atoms with Crippen LogP contribution in [0.5, 0.6) is 0 Å². The number of rotatable bonds is 1. The van der Waals surface area contributed by atoms with E-state index in [1.54, 1.807) is 0 Å². The molecule has 1 aromatic rings. The molecule has 0 aliphatic carbocycles. The Morgan fingerprint density at radius 1 is 1.44 bits per heavy atom. The molecule has 1 radical (unpaired) electrons. The molecule has 0 bridgehead atoms. The summed E-state index contributed by atoms with van der Waals surface area (Å²) < 4.78 is 1.13. The molecule has 9 heavy (non-hydrogen) atoms. The molecule has 0 amide bonds. The van der Waals surface area contributed by atoms with Gasteiger partial charge >= 0.3 is 0 Å². The van der Waals surface area contributed by atoms with Crippen LogP contribution in [0.4, 0.5) is 0 Å². The average molecular weight is 184 g/mol. The van der Waals surface area contributed by atoms with E-state index in [0.717, 1.165) is 10.9 Å². The van der Waals surface area contributed by atoms with Gasteiger partial charge in [0.15, 0.2) is 0 Å². The Balaban J connectivity index is 2.94. The van der Waals surface area contributed by atoms with E-state index in [0.29, 0.717) is 0 Å². The number of hydrogen-bond donors (Lipinski definition) is 0. The number of halogens is 1. The summed E-state index contributed by atoms with van der Waals surface area (Å²) in [5.74, 6) is 0. The van der Waals surface area contributed by atoms with Gasteiger partial charge in [-0.1, -0.05) is 28.1 Å². The summed E-state index contributed by atoms with van der Waals surface area (Å²) in [6.45, 7) is 3.78. The first-order valence-corrected chi connectivity index (χ1v) is 3.66. The molecule has 0 saturated heterocycles. The zero-order valence-corrected chi connectivity index (χ0v) is 6.69. The van der Waals surface area contributed by atoms with Gasteiger partial charge in [-0.25, -0.2) is 0 Å². The summed E-state index contributed by atoms with van der Waals surface area (Å²) in [4.78, 5) is 0. The van der Waals surface area contributed by atoms with Gasteiger partial charge in [0.1, 0.15) is 0 Å². The molecule has 0 aliphatic rings. The van der Waals surface area contributed by atoms with Crippen LogP contribution >= 0.6 is 15.9 Å². The second kappa shape index (κ2) is 3.02. The van der Waals surface area contributed by atoms with Gasteiger partial charge in [-0.2, -0.15) is 0 Å². The van der Waals surface area contributed by atoms with Crippen molar-refractivity contribution in [3.63, 3.8) is 0 Å². The van der Waals surface area contributed by atoms with Crippen LogP contribution in [0.2, 0.25) is 0 Å². The smallest absolute Gasteiger partial charge is 0.0177 e. The number of hydrogen-bond acceptors (Lipinski definition) is 0. The van der Waals surface area contributed by atoms with E-state index in [1.807, 2.05) is 12.1 Å². The Hall–Kier alpha value is -0.300. The second-order valence-corrected chi connectivity index (χ2v) is 2.80. The van der Waals surface area contributed by atoms with Gasteiger partial charge in [-0.15, -0.1) is 0 Å². The van der Waals surface area contributed by atoms with Crippen molar-refractivity contribution in [1.82, 2.24) is 0 Å². The summed E-state index contributed by atoms with van der Waals surface area (Å²) in [5.41, 5.74) is 1.27. The predicted molar refractivity (Wildman–Crippen MR) is 43.2 cm³/mol.